The van der Waals surface area contributed by atoms with Gasteiger partial charge in [0.05, 0.1) is 0 Å². The molecule has 1 aromatic rings. The lowest BCUT2D eigenvalue weighted by Gasteiger charge is -1.99. The van der Waals surface area contributed by atoms with Crippen LogP contribution >= 0.6 is 38.5 Å². The van der Waals surface area contributed by atoms with Crippen LogP contribution in [0.4, 0.5) is 0 Å². The summed E-state index contributed by atoms with van der Waals surface area (Å²) in [6.45, 7) is 0.215. The van der Waals surface area contributed by atoms with E-state index < -0.39 is 0 Å². The van der Waals surface area contributed by atoms with Gasteiger partial charge in [0, 0.05) is 14.6 Å². The van der Waals surface area contributed by atoms with Crippen LogP contribution in [0, 0.1) is 3.57 Å². The lowest BCUT2D eigenvalue weighted by molar-refractivity contribution is 0.299. The molecule has 1 rings (SSSR count). The van der Waals surface area contributed by atoms with Crippen LogP contribution in [-0.2, 0) is 6.42 Å². The summed E-state index contributed by atoms with van der Waals surface area (Å²) in [6.07, 6.45) is 0.732. The van der Waals surface area contributed by atoms with Gasteiger partial charge in [0.2, 0.25) is 0 Å². The molecule has 0 bridgehead atoms. The van der Waals surface area contributed by atoms with Gasteiger partial charge in [-0.2, -0.15) is 0 Å². The van der Waals surface area contributed by atoms with Gasteiger partial charge in [-0.15, -0.1) is 0 Å². The van der Waals surface area contributed by atoms with Crippen LogP contribution in [0.3, 0.4) is 0 Å². The van der Waals surface area contributed by atoms with E-state index in [0.29, 0.717) is 0 Å². The second-order valence-corrected chi connectivity index (χ2v) is 4.41. The molecule has 1 aromatic carbocycles. The van der Waals surface area contributed by atoms with E-state index in [1.54, 1.807) is 0 Å². The van der Waals surface area contributed by atoms with Crippen molar-refractivity contribution < 1.29 is 5.11 Å². The Morgan fingerprint density at radius 2 is 2.09 bits per heavy atom. The van der Waals surface area contributed by atoms with Gasteiger partial charge in [-0.25, -0.2) is 0 Å². The van der Waals surface area contributed by atoms with Crippen molar-refractivity contribution in [3.05, 3.63) is 31.8 Å². The summed E-state index contributed by atoms with van der Waals surface area (Å²) in [6, 6.07) is 6.14. The summed E-state index contributed by atoms with van der Waals surface area (Å²) in [7, 11) is 0. The third-order valence-electron chi connectivity index (χ3n) is 1.32. The van der Waals surface area contributed by atoms with Crippen LogP contribution in [0.5, 0.6) is 0 Å². The first-order valence-corrected chi connectivity index (χ1v) is 5.15. The van der Waals surface area contributed by atoms with Crippen molar-refractivity contribution in [1.29, 1.82) is 0 Å². The van der Waals surface area contributed by atoms with Gasteiger partial charge < -0.3 is 5.11 Å². The van der Waals surface area contributed by atoms with Crippen molar-refractivity contribution in [2.45, 2.75) is 6.42 Å². The van der Waals surface area contributed by atoms with E-state index in [1.807, 2.05) is 12.1 Å². The molecule has 0 aliphatic rings. The van der Waals surface area contributed by atoms with E-state index in [9.17, 15) is 0 Å². The molecule has 0 fully saturated rings. The van der Waals surface area contributed by atoms with Crippen LogP contribution in [0.2, 0.25) is 0 Å². The van der Waals surface area contributed by atoms with Crippen LogP contribution in [0.25, 0.3) is 0 Å². The van der Waals surface area contributed by atoms with E-state index in [2.05, 4.69) is 44.6 Å². The number of aliphatic hydroxyl groups is 1. The first-order chi connectivity index (χ1) is 5.22. The van der Waals surface area contributed by atoms with Crippen molar-refractivity contribution in [1.82, 2.24) is 0 Å². The Morgan fingerprint density at radius 1 is 1.36 bits per heavy atom. The molecule has 0 saturated carbocycles. The molecule has 0 spiro atoms. The number of hydrogen-bond donors (Lipinski definition) is 1. The van der Waals surface area contributed by atoms with E-state index in [1.165, 1.54) is 9.13 Å². The highest BCUT2D eigenvalue weighted by Gasteiger charge is 1.95. The van der Waals surface area contributed by atoms with E-state index in [-0.39, 0.29) is 6.61 Å². The topological polar surface area (TPSA) is 20.2 Å². The Morgan fingerprint density at radius 3 is 2.64 bits per heavy atom. The van der Waals surface area contributed by atoms with Gasteiger partial charge >= 0.3 is 0 Å². The zero-order valence-corrected chi connectivity index (χ0v) is 9.59. The maximum Gasteiger partial charge on any atom is 0.0471 e. The van der Waals surface area contributed by atoms with Crippen molar-refractivity contribution in [3.8, 4) is 0 Å². The standard InChI is InChI=1S/C8H8BrIO/c9-7-3-6(1-2-11)4-8(10)5-7/h3-5,11H,1-2H2. The maximum absolute atomic E-state index is 8.68. The minimum absolute atomic E-state index is 0.215. The summed E-state index contributed by atoms with van der Waals surface area (Å²) in [5.74, 6) is 0. The number of rotatable bonds is 2. The Bertz CT molecular complexity index is 230. The van der Waals surface area contributed by atoms with Gasteiger partial charge in [0.15, 0.2) is 0 Å². The Kier molecular flexibility index (Phi) is 3.81. The average molecular weight is 327 g/mol. The molecule has 0 unspecified atom stereocenters. The summed E-state index contributed by atoms with van der Waals surface area (Å²) < 4.78 is 2.27. The van der Waals surface area contributed by atoms with Gasteiger partial charge in [-0.3, -0.25) is 0 Å². The van der Waals surface area contributed by atoms with Gasteiger partial charge in [-0.1, -0.05) is 15.9 Å². The van der Waals surface area contributed by atoms with Crippen LogP contribution < -0.4 is 0 Å². The molecular weight excluding hydrogens is 319 g/mol. The van der Waals surface area contributed by atoms with Crippen LogP contribution in [-0.4, -0.2) is 11.7 Å². The smallest absolute Gasteiger partial charge is 0.0471 e. The van der Waals surface area contributed by atoms with Crippen molar-refractivity contribution in [2.75, 3.05) is 6.61 Å². The molecule has 0 atom stereocenters. The molecule has 60 valence electrons. The molecule has 0 amide bonds. The fraction of sp³-hybridized carbons (Fsp3) is 0.250. The number of halogens is 2. The summed E-state index contributed by atoms with van der Waals surface area (Å²) in [5.41, 5.74) is 1.17. The first-order valence-electron chi connectivity index (χ1n) is 3.28. The lowest BCUT2D eigenvalue weighted by Crippen LogP contribution is -1.90. The third kappa shape index (κ3) is 3.09. The van der Waals surface area contributed by atoms with Gasteiger partial charge in [-0.05, 0) is 52.8 Å². The molecule has 1 N–H and O–H groups in total. The molecule has 0 aromatic heterocycles. The highest BCUT2D eigenvalue weighted by Crippen LogP contribution is 2.17. The molecule has 11 heavy (non-hydrogen) atoms. The summed E-state index contributed by atoms with van der Waals surface area (Å²) >= 11 is 5.66. The quantitative estimate of drug-likeness (QED) is 0.828. The van der Waals surface area contributed by atoms with Crippen LogP contribution in [0.15, 0.2) is 22.7 Å². The fourth-order valence-corrected chi connectivity index (χ4v) is 2.59. The Balaban J connectivity index is 2.89. The third-order valence-corrected chi connectivity index (χ3v) is 2.40. The van der Waals surface area contributed by atoms with E-state index >= 15 is 0 Å². The van der Waals surface area contributed by atoms with Crippen LogP contribution in [0.1, 0.15) is 5.56 Å². The molecule has 1 nitrogen and oxygen atoms in total. The van der Waals surface area contributed by atoms with Gasteiger partial charge in [0.25, 0.3) is 0 Å². The first kappa shape index (κ1) is 9.48. The summed E-state index contributed by atoms with van der Waals surface area (Å²) in [5, 5.41) is 8.68. The maximum atomic E-state index is 8.68. The fourth-order valence-electron chi connectivity index (χ4n) is 0.884. The molecular formula is C8H8BrIO. The zero-order valence-electron chi connectivity index (χ0n) is 5.85. The molecule has 0 radical (unpaired) electrons. The second-order valence-electron chi connectivity index (χ2n) is 2.25. The highest BCUT2D eigenvalue weighted by molar-refractivity contribution is 14.1. The largest absolute Gasteiger partial charge is 0.396 e. The molecule has 3 heteroatoms. The number of aliphatic hydroxyl groups excluding tert-OH is 1. The Labute approximate surface area is 88.1 Å². The molecule has 0 heterocycles. The predicted molar refractivity (Wildman–Crippen MR) is 57.6 cm³/mol. The van der Waals surface area contributed by atoms with Gasteiger partial charge in [0.1, 0.15) is 0 Å². The summed E-state index contributed by atoms with van der Waals surface area (Å²) in [4.78, 5) is 0. The van der Waals surface area contributed by atoms with E-state index in [0.717, 1.165) is 10.9 Å². The van der Waals surface area contributed by atoms with Crippen molar-refractivity contribution in [2.24, 2.45) is 0 Å². The molecule has 0 saturated heterocycles. The zero-order chi connectivity index (χ0) is 8.27. The monoisotopic (exact) mass is 326 g/mol. The SMILES string of the molecule is OCCc1cc(Br)cc(I)c1. The van der Waals surface area contributed by atoms with E-state index in [4.69, 9.17) is 5.11 Å². The number of hydrogen-bond acceptors (Lipinski definition) is 1. The minimum atomic E-state index is 0.215. The van der Waals surface area contributed by atoms with Crippen molar-refractivity contribution >= 4 is 38.5 Å². The second kappa shape index (κ2) is 4.42. The average Bonchev–Trinajstić information content (AvgIpc) is 1.85. The predicted octanol–water partition coefficient (Wildman–Crippen LogP) is 2.59. The lowest BCUT2D eigenvalue weighted by atomic mass is 10.2. The molecule has 0 aliphatic heterocycles. The number of benzene rings is 1. The normalized spacial score (nSPS) is 10.1. The van der Waals surface area contributed by atoms with Crippen molar-refractivity contribution in [3.63, 3.8) is 0 Å². The highest BCUT2D eigenvalue weighted by atomic mass is 127. The molecule has 0 aliphatic carbocycles. The Hall–Kier alpha value is 0.390. The minimum Gasteiger partial charge on any atom is -0.396 e.